The van der Waals surface area contributed by atoms with Crippen molar-refractivity contribution in [3.63, 3.8) is 0 Å². The molecule has 0 radical (unpaired) electrons. The summed E-state index contributed by atoms with van der Waals surface area (Å²) in [6.07, 6.45) is 1.09. The van der Waals surface area contributed by atoms with Gasteiger partial charge in [-0.25, -0.2) is 4.98 Å². The van der Waals surface area contributed by atoms with Crippen molar-refractivity contribution < 1.29 is 4.92 Å². The van der Waals surface area contributed by atoms with Crippen molar-refractivity contribution in [3.8, 4) is 0 Å². The van der Waals surface area contributed by atoms with Gasteiger partial charge in [0.15, 0.2) is 0 Å². The summed E-state index contributed by atoms with van der Waals surface area (Å²) >= 11 is 4.91. The minimum absolute atomic E-state index is 0.00616. The average molecular weight is 330 g/mol. The fraction of sp³-hybridized carbons (Fsp3) is 0.111. The predicted octanol–water partition coefficient (Wildman–Crippen LogP) is 2.40. The van der Waals surface area contributed by atoms with Crippen LogP contribution in [0.1, 0.15) is 4.88 Å². The van der Waals surface area contributed by atoms with Crippen LogP contribution < -0.4 is 11.1 Å². The van der Waals surface area contributed by atoms with Crippen molar-refractivity contribution in [1.29, 1.82) is 0 Å². The summed E-state index contributed by atoms with van der Waals surface area (Å²) in [5, 5.41) is 15.6. The number of hydrogen-bond acceptors (Lipinski definition) is 7. The summed E-state index contributed by atoms with van der Waals surface area (Å²) in [4.78, 5) is 18.7. The third-order valence-corrected chi connectivity index (χ3v) is 4.02. The Morgan fingerprint density at radius 2 is 2.39 bits per heavy atom. The van der Waals surface area contributed by atoms with Crippen LogP contribution in [0.4, 0.5) is 17.5 Å². The monoisotopic (exact) mass is 329 g/mol. The molecule has 0 unspecified atom stereocenters. The molecule has 2 aromatic rings. The molecular weight excluding hydrogens is 322 g/mol. The Hall–Kier alpha value is -1.74. The van der Waals surface area contributed by atoms with Gasteiger partial charge < -0.3 is 11.1 Å². The Bertz CT molecular complexity index is 588. The standard InChI is InChI=1S/C9H8BrN5O2S/c10-5-1-2-18-7(5)4-12-8-6(15(16)17)3-13-9(11)14-8/h1-3H,4H2,(H3,11,12,13,14). The first-order valence-electron chi connectivity index (χ1n) is 4.80. The van der Waals surface area contributed by atoms with Crippen molar-refractivity contribution >= 4 is 44.7 Å². The number of nitrogens with zero attached hydrogens (tertiary/aromatic N) is 3. The summed E-state index contributed by atoms with van der Waals surface area (Å²) in [6, 6.07) is 1.91. The molecule has 7 nitrogen and oxygen atoms in total. The highest BCUT2D eigenvalue weighted by Crippen LogP contribution is 2.26. The van der Waals surface area contributed by atoms with E-state index in [1.165, 1.54) is 11.3 Å². The van der Waals surface area contributed by atoms with Crippen LogP contribution in [0.15, 0.2) is 22.1 Å². The lowest BCUT2D eigenvalue weighted by Gasteiger charge is -2.05. The van der Waals surface area contributed by atoms with Gasteiger partial charge in [0.1, 0.15) is 6.20 Å². The highest BCUT2D eigenvalue weighted by molar-refractivity contribution is 9.10. The SMILES string of the molecule is Nc1ncc([N+](=O)[O-])c(NCc2sccc2Br)n1. The zero-order valence-corrected chi connectivity index (χ0v) is 11.4. The van der Waals surface area contributed by atoms with Gasteiger partial charge in [0.05, 0.1) is 11.5 Å². The number of nitrogens with two attached hydrogens (primary N) is 1. The van der Waals surface area contributed by atoms with E-state index in [1.54, 1.807) is 0 Å². The normalized spacial score (nSPS) is 10.3. The van der Waals surface area contributed by atoms with Crippen LogP contribution in [0.5, 0.6) is 0 Å². The average Bonchev–Trinajstić information content (AvgIpc) is 2.72. The van der Waals surface area contributed by atoms with Crippen molar-refractivity contribution in [2.45, 2.75) is 6.54 Å². The van der Waals surface area contributed by atoms with Gasteiger partial charge in [-0.05, 0) is 27.4 Å². The molecule has 2 aromatic heterocycles. The van der Waals surface area contributed by atoms with Crippen LogP contribution in [0.2, 0.25) is 0 Å². The number of hydrogen-bond donors (Lipinski definition) is 2. The van der Waals surface area contributed by atoms with Crippen LogP contribution in [-0.2, 0) is 6.54 Å². The predicted molar refractivity (Wildman–Crippen MR) is 72.4 cm³/mol. The second kappa shape index (κ2) is 5.27. The molecule has 0 spiro atoms. The van der Waals surface area contributed by atoms with Gasteiger partial charge in [0.25, 0.3) is 0 Å². The molecule has 0 aliphatic rings. The van der Waals surface area contributed by atoms with Gasteiger partial charge >= 0.3 is 5.69 Å². The number of halogens is 1. The largest absolute Gasteiger partial charge is 0.368 e. The van der Waals surface area contributed by atoms with Gasteiger partial charge in [0, 0.05) is 9.35 Å². The first-order valence-corrected chi connectivity index (χ1v) is 6.48. The van der Waals surface area contributed by atoms with E-state index in [-0.39, 0.29) is 17.5 Å². The zero-order valence-electron chi connectivity index (χ0n) is 8.96. The number of nitrogens with one attached hydrogen (secondary N) is 1. The Morgan fingerprint density at radius 3 is 3.00 bits per heavy atom. The van der Waals surface area contributed by atoms with Crippen molar-refractivity contribution in [2.24, 2.45) is 0 Å². The molecule has 3 N–H and O–H groups in total. The Balaban J connectivity index is 2.20. The van der Waals surface area contributed by atoms with Gasteiger partial charge in [-0.2, -0.15) is 4.98 Å². The van der Waals surface area contributed by atoms with Crippen LogP contribution in [0.25, 0.3) is 0 Å². The molecule has 0 atom stereocenters. The van der Waals surface area contributed by atoms with E-state index < -0.39 is 4.92 Å². The second-order valence-corrected chi connectivity index (χ2v) is 5.12. The van der Waals surface area contributed by atoms with Crippen molar-refractivity contribution in [1.82, 2.24) is 9.97 Å². The summed E-state index contributed by atoms with van der Waals surface area (Å²) in [7, 11) is 0. The highest BCUT2D eigenvalue weighted by Gasteiger charge is 2.16. The molecule has 2 heterocycles. The van der Waals surface area contributed by atoms with E-state index in [9.17, 15) is 10.1 Å². The maximum Gasteiger partial charge on any atom is 0.329 e. The van der Waals surface area contributed by atoms with E-state index in [2.05, 4.69) is 31.2 Å². The van der Waals surface area contributed by atoms with Gasteiger partial charge in [0.2, 0.25) is 11.8 Å². The van der Waals surface area contributed by atoms with Gasteiger partial charge in [-0.3, -0.25) is 10.1 Å². The molecule has 18 heavy (non-hydrogen) atoms. The van der Waals surface area contributed by atoms with E-state index in [1.807, 2.05) is 11.4 Å². The molecule has 0 bridgehead atoms. The number of nitrogen functional groups attached to an aromatic ring is 1. The number of rotatable bonds is 4. The zero-order chi connectivity index (χ0) is 13.1. The number of anilines is 2. The molecule has 0 fully saturated rings. The summed E-state index contributed by atoms with van der Waals surface area (Å²) in [5.74, 6) is 0.112. The molecule has 9 heteroatoms. The molecule has 0 saturated carbocycles. The van der Waals surface area contributed by atoms with Crippen LogP contribution >= 0.6 is 27.3 Å². The third-order valence-electron chi connectivity index (χ3n) is 2.09. The van der Waals surface area contributed by atoms with Crippen LogP contribution in [-0.4, -0.2) is 14.9 Å². The van der Waals surface area contributed by atoms with E-state index >= 15 is 0 Å². The lowest BCUT2D eigenvalue weighted by atomic mass is 10.4. The van der Waals surface area contributed by atoms with Crippen molar-refractivity contribution in [3.05, 3.63) is 37.1 Å². The molecule has 94 valence electrons. The Morgan fingerprint density at radius 1 is 1.61 bits per heavy atom. The summed E-state index contributed by atoms with van der Waals surface area (Å²) in [5.41, 5.74) is 5.22. The first kappa shape index (κ1) is 12.7. The second-order valence-electron chi connectivity index (χ2n) is 3.26. The molecular formula is C9H8BrN5O2S. The topological polar surface area (TPSA) is 107 Å². The van der Waals surface area contributed by atoms with E-state index in [0.717, 1.165) is 15.5 Å². The van der Waals surface area contributed by atoms with E-state index in [0.29, 0.717) is 6.54 Å². The van der Waals surface area contributed by atoms with Gasteiger partial charge in [-0.15, -0.1) is 11.3 Å². The number of nitro groups is 1. The minimum atomic E-state index is -0.550. The highest BCUT2D eigenvalue weighted by atomic mass is 79.9. The van der Waals surface area contributed by atoms with E-state index in [4.69, 9.17) is 5.73 Å². The Labute approximate surface area is 114 Å². The molecule has 0 aliphatic carbocycles. The van der Waals surface area contributed by atoms with Crippen molar-refractivity contribution in [2.75, 3.05) is 11.1 Å². The summed E-state index contributed by atoms with van der Waals surface area (Å²) in [6.45, 7) is 0.426. The molecule has 2 rings (SSSR count). The smallest absolute Gasteiger partial charge is 0.329 e. The molecule has 0 aromatic carbocycles. The van der Waals surface area contributed by atoms with Crippen LogP contribution in [0.3, 0.4) is 0 Å². The first-order chi connectivity index (χ1) is 8.58. The Kier molecular flexibility index (Phi) is 3.72. The fourth-order valence-corrected chi connectivity index (χ4v) is 2.70. The number of aromatic nitrogens is 2. The molecule has 0 amide bonds. The summed E-state index contributed by atoms with van der Waals surface area (Å²) < 4.78 is 0.949. The quantitative estimate of drug-likeness (QED) is 0.658. The minimum Gasteiger partial charge on any atom is -0.368 e. The lowest BCUT2D eigenvalue weighted by Crippen LogP contribution is -2.07. The maximum absolute atomic E-state index is 10.8. The van der Waals surface area contributed by atoms with Gasteiger partial charge in [-0.1, -0.05) is 0 Å². The maximum atomic E-state index is 10.8. The third kappa shape index (κ3) is 2.74. The lowest BCUT2D eigenvalue weighted by molar-refractivity contribution is -0.384. The van der Waals surface area contributed by atoms with Crippen LogP contribution in [0, 0.1) is 10.1 Å². The molecule has 0 aliphatic heterocycles. The number of thiophene rings is 1. The molecule has 0 saturated heterocycles. The fourth-order valence-electron chi connectivity index (χ4n) is 1.27.